The SMILES string of the molecule is O=C(Nc1ccc2c(c1)CNCC2)c1ccc(Cl)c(F)c1. The van der Waals surface area contributed by atoms with Crippen molar-refractivity contribution in [1.82, 2.24) is 5.32 Å². The first-order valence-electron chi connectivity index (χ1n) is 6.72. The zero-order valence-electron chi connectivity index (χ0n) is 11.2. The minimum absolute atomic E-state index is 0.00593. The Balaban J connectivity index is 1.79. The van der Waals surface area contributed by atoms with Crippen LogP contribution in [0.3, 0.4) is 0 Å². The number of halogens is 2. The summed E-state index contributed by atoms with van der Waals surface area (Å²) in [5.41, 5.74) is 3.43. The number of amides is 1. The number of carbonyl (C=O) groups is 1. The Labute approximate surface area is 127 Å². The Kier molecular flexibility index (Phi) is 3.90. The van der Waals surface area contributed by atoms with Crippen LogP contribution >= 0.6 is 11.6 Å². The summed E-state index contributed by atoms with van der Waals surface area (Å²) in [4.78, 5) is 12.1. The van der Waals surface area contributed by atoms with Gasteiger partial charge < -0.3 is 10.6 Å². The average Bonchev–Trinajstić information content (AvgIpc) is 2.50. The summed E-state index contributed by atoms with van der Waals surface area (Å²) in [6, 6.07) is 9.86. The number of nitrogens with one attached hydrogen (secondary N) is 2. The van der Waals surface area contributed by atoms with Gasteiger partial charge in [-0.3, -0.25) is 4.79 Å². The lowest BCUT2D eigenvalue weighted by Crippen LogP contribution is -2.23. The van der Waals surface area contributed by atoms with Crippen molar-refractivity contribution < 1.29 is 9.18 Å². The first-order chi connectivity index (χ1) is 10.1. The molecular weight excluding hydrogens is 291 g/mol. The Bertz CT molecular complexity index is 703. The van der Waals surface area contributed by atoms with E-state index in [1.165, 1.54) is 23.3 Å². The maximum absolute atomic E-state index is 13.4. The van der Waals surface area contributed by atoms with Gasteiger partial charge in [-0.2, -0.15) is 0 Å². The third-order valence-corrected chi connectivity index (χ3v) is 3.84. The van der Waals surface area contributed by atoms with E-state index >= 15 is 0 Å². The summed E-state index contributed by atoms with van der Waals surface area (Å²) in [7, 11) is 0. The Morgan fingerprint density at radius 1 is 1.19 bits per heavy atom. The van der Waals surface area contributed by atoms with Crippen LogP contribution in [0, 0.1) is 5.82 Å². The zero-order chi connectivity index (χ0) is 14.8. The van der Waals surface area contributed by atoms with Crippen molar-refractivity contribution in [2.24, 2.45) is 0 Å². The predicted molar refractivity (Wildman–Crippen MR) is 81.2 cm³/mol. The lowest BCUT2D eigenvalue weighted by molar-refractivity contribution is 0.102. The number of hydrogen-bond donors (Lipinski definition) is 2. The smallest absolute Gasteiger partial charge is 0.255 e. The van der Waals surface area contributed by atoms with Crippen LogP contribution in [-0.2, 0) is 13.0 Å². The van der Waals surface area contributed by atoms with Crippen molar-refractivity contribution in [3.63, 3.8) is 0 Å². The summed E-state index contributed by atoms with van der Waals surface area (Å²) >= 11 is 5.61. The maximum Gasteiger partial charge on any atom is 0.255 e. The van der Waals surface area contributed by atoms with Crippen LogP contribution < -0.4 is 10.6 Å². The molecule has 0 saturated carbocycles. The van der Waals surface area contributed by atoms with Gasteiger partial charge in [0, 0.05) is 17.8 Å². The molecule has 21 heavy (non-hydrogen) atoms. The number of carbonyl (C=O) groups excluding carboxylic acids is 1. The number of hydrogen-bond acceptors (Lipinski definition) is 2. The molecule has 1 aliphatic rings. The van der Waals surface area contributed by atoms with Gasteiger partial charge in [0.1, 0.15) is 5.82 Å². The Hall–Kier alpha value is -1.91. The standard InChI is InChI=1S/C16H14ClFN2O/c17-14-4-2-11(8-15(14)18)16(21)20-13-3-1-10-5-6-19-9-12(10)7-13/h1-4,7-8,19H,5-6,9H2,(H,20,21). The third kappa shape index (κ3) is 3.06. The van der Waals surface area contributed by atoms with Gasteiger partial charge in [0.25, 0.3) is 5.91 Å². The van der Waals surface area contributed by atoms with Gasteiger partial charge in [-0.05, 0) is 54.4 Å². The molecule has 0 aliphatic carbocycles. The minimum atomic E-state index is -0.598. The highest BCUT2D eigenvalue weighted by molar-refractivity contribution is 6.30. The molecule has 3 nitrogen and oxygen atoms in total. The zero-order valence-corrected chi connectivity index (χ0v) is 12.0. The summed E-state index contributed by atoms with van der Waals surface area (Å²) in [5, 5.41) is 6.07. The molecule has 1 amide bonds. The van der Waals surface area contributed by atoms with Gasteiger partial charge in [0.15, 0.2) is 0 Å². The minimum Gasteiger partial charge on any atom is -0.322 e. The van der Waals surface area contributed by atoms with E-state index < -0.39 is 5.82 Å². The van der Waals surface area contributed by atoms with E-state index in [1.54, 1.807) is 0 Å². The Morgan fingerprint density at radius 3 is 2.86 bits per heavy atom. The quantitative estimate of drug-likeness (QED) is 0.893. The molecule has 2 aromatic rings. The molecule has 1 heterocycles. The largest absolute Gasteiger partial charge is 0.322 e. The highest BCUT2D eigenvalue weighted by atomic mass is 35.5. The predicted octanol–water partition coefficient (Wildman–Crippen LogP) is 3.38. The van der Waals surface area contributed by atoms with E-state index in [0.29, 0.717) is 5.69 Å². The van der Waals surface area contributed by atoms with E-state index in [2.05, 4.69) is 10.6 Å². The van der Waals surface area contributed by atoms with E-state index in [-0.39, 0.29) is 16.5 Å². The fourth-order valence-electron chi connectivity index (χ4n) is 2.40. The van der Waals surface area contributed by atoms with Gasteiger partial charge in [-0.1, -0.05) is 17.7 Å². The summed E-state index contributed by atoms with van der Waals surface area (Å²) in [5.74, 6) is -0.951. The van der Waals surface area contributed by atoms with Crippen LogP contribution in [-0.4, -0.2) is 12.5 Å². The van der Waals surface area contributed by atoms with Gasteiger partial charge >= 0.3 is 0 Å². The van der Waals surface area contributed by atoms with Crippen LogP contribution in [0.25, 0.3) is 0 Å². The molecule has 5 heteroatoms. The van der Waals surface area contributed by atoms with Crippen LogP contribution in [0.1, 0.15) is 21.5 Å². The molecular formula is C16H14ClFN2O. The number of benzene rings is 2. The van der Waals surface area contributed by atoms with Crippen molar-refractivity contribution in [3.8, 4) is 0 Å². The molecule has 0 fully saturated rings. The van der Waals surface area contributed by atoms with Gasteiger partial charge in [0.2, 0.25) is 0 Å². The average molecular weight is 305 g/mol. The highest BCUT2D eigenvalue weighted by Gasteiger charge is 2.12. The fraction of sp³-hybridized carbons (Fsp3) is 0.188. The van der Waals surface area contributed by atoms with E-state index in [1.807, 2.05) is 18.2 Å². The van der Waals surface area contributed by atoms with Crippen molar-refractivity contribution in [2.75, 3.05) is 11.9 Å². The van der Waals surface area contributed by atoms with Gasteiger partial charge in [-0.15, -0.1) is 0 Å². The molecule has 0 bridgehead atoms. The second kappa shape index (κ2) is 5.84. The van der Waals surface area contributed by atoms with Crippen LogP contribution in [0.4, 0.5) is 10.1 Å². The molecule has 0 atom stereocenters. The lowest BCUT2D eigenvalue weighted by atomic mass is 10.0. The third-order valence-electron chi connectivity index (χ3n) is 3.53. The van der Waals surface area contributed by atoms with E-state index in [4.69, 9.17) is 11.6 Å². The highest BCUT2D eigenvalue weighted by Crippen LogP contribution is 2.20. The van der Waals surface area contributed by atoms with Crippen molar-refractivity contribution in [2.45, 2.75) is 13.0 Å². The molecule has 1 aliphatic heterocycles. The van der Waals surface area contributed by atoms with Crippen LogP contribution in [0.15, 0.2) is 36.4 Å². The van der Waals surface area contributed by atoms with E-state index in [9.17, 15) is 9.18 Å². The molecule has 0 aromatic heterocycles. The summed E-state index contributed by atoms with van der Waals surface area (Å²) < 4.78 is 13.4. The molecule has 0 spiro atoms. The van der Waals surface area contributed by atoms with Gasteiger partial charge in [0.05, 0.1) is 5.02 Å². The Morgan fingerprint density at radius 2 is 2.05 bits per heavy atom. The number of anilines is 1. The van der Waals surface area contributed by atoms with Crippen LogP contribution in [0.2, 0.25) is 5.02 Å². The van der Waals surface area contributed by atoms with Crippen molar-refractivity contribution in [3.05, 3.63) is 63.9 Å². The molecule has 108 valence electrons. The normalized spacial score (nSPS) is 13.6. The number of rotatable bonds is 2. The van der Waals surface area contributed by atoms with Gasteiger partial charge in [-0.25, -0.2) is 4.39 Å². The summed E-state index contributed by atoms with van der Waals surface area (Å²) in [6.07, 6.45) is 0.992. The summed E-state index contributed by atoms with van der Waals surface area (Å²) in [6.45, 7) is 1.78. The van der Waals surface area contributed by atoms with E-state index in [0.717, 1.165) is 25.6 Å². The molecule has 2 N–H and O–H groups in total. The molecule has 0 radical (unpaired) electrons. The van der Waals surface area contributed by atoms with Crippen molar-refractivity contribution in [1.29, 1.82) is 0 Å². The molecule has 0 unspecified atom stereocenters. The lowest BCUT2D eigenvalue weighted by Gasteiger charge is -2.18. The second-order valence-electron chi connectivity index (χ2n) is 4.99. The monoisotopic (exact) mass is 304 g/mol. The second-order valence-corrected chi connectivity index (χ2v) is 5.40. The molecule has 0 saturated heterocycles. The van der Waals surface area contributed by atoms with Crippen LogP contribution in [0.5, 0.6) is 0 Å². The first-order valence-corrected chi connectivity index (χ1v) is 7.10. The molecule has 2 aromatic carbocycles. The number of fused-ring (bicyclic) bond motifs is 1. The molecule has 3 rings (SSSR count). The maximum atomic E-state index is 13.4. The first kappa shape index (κ1) is 14.0. The fourth-order valence-corrected chi connectivity index (χ4v) is 2.52. The topological polar surface area (TPSA) is 41.1 Å². The van der Waals surface area contributed by atoms with Crippen molar-refractivity contribution >= 4 is 23.2 Å².